The van der Waals surface area contributed by atoms with E-state index in [2.05, 4.69) is 20.4 Å². The minimum Gasteiger partial charge on any atom is -0.360 e. The van der Waals surface area contributed by atoms with E-state index < -0.39 is 10.0 Å². The van der Waals surface area contributed by atoms with E-state index in [1.165, 1.54) is 4.31 Å². The van der Waals surface area contributed by atoms with Crippen molar-refractivity contribution in [2.45, 2.75) is 44.4 Å². The van der Waals surface area contributed by atoms with Crippen molar-refractivity contribution in [3.63, 3.8) is 0 Å². The van der Waals surface area contributed by atoms with Crippen molar-refractivity contribution in [3.05, 3.63) is 59.4 Å². The SMILES string of the molecule is Cc1cccc(Nc2ccc([C@H]3CCCN(S(=O)(=O)c4c(C)noc4C)C3)nc2)n1. The summed E-state index contributed by atoms with van der Waals surface area (Å²) in [6.07, 6.45) is 3.44. The number of nitrogens with one attached hydrogen (secondary N) is 1. The van der Waals surface area contributed by atoms with Gasteiger partial charge in [-0.1, -0.05) is 11.2 Å². The van der Waals surface area contributed by atoms with Gasteiger partial charge in [0.25, 0.3) is 0 Å². The monoisotopic (exact) mass is 427 g/mol. The molecule has 30 heavy (non-hydrogen) atoms. The quantitative estimate of drug-likeness (QED) is 0.662. The summed E-state index contributed by atoms with van der Waals surface area (Å²) in [5, 5.41) is 7.04. The van der Waals surface area contributed by atoms with Gasteiger partial charge in [-0.15, -0.1) is 0 Å². The summed E-state index contributed by atoms with van der Waals surface area (Å²) in [4.78, 5) is 9.21. The molecular weight excluding hydrogens is 402 g/mol. The van der Waals surface area contributed by atoms with E-state index in [9.17, 15) is 8.42 Å². The Morgan fingerprint density at radius 2 is 2.00 bits per heavy atom. The summed E-state index contributed by atoms with van der Waals surface area (Å²) < 4.78 is 32.9. The second-order valence-corrected chi connectivity index (χ2v) is 9.49. The van der Waals surface area contributed by atoms with E-state index in [0.29, 0.717) is 24.5 Å². The third-order valence-corrected chi connectivity index (χ3v) is 7.43. The first-order chi connectivity index (χ1) is 14.3. The predicted molar refractivity (Wildman–Crippen MR) is 113 cm³/mol. The van der Waals surface area contributed by atoms with Crippen molar-refractivity contribution in [2.24, 2.45) is 0 Å². The molecule has 1 atom stereocenters. The van der Waals surface area contributed by atoms with Crippen molar-refractivity contribution >= 4 is 21.5 Å². The predicted octanol–water partition coefficient (Wildman–Crippen LogP) is 3.70. The van der Waals surface area contributed by atoms with Crippen LogP contribution in [0, 0.1) is 20.8 Å². The van der Waals surface area contributed by atoms with Gasteiger partial charge in [-0.2, -0.15) is 4.31 Å². The fraction of sp³-hybridized carbons (Fsp3) is 0.381. The van der Waals surface area contributed by atoms with Crippen LogP contribution in [0.2, 0.25) is 0 Å². The number of aryl methyl sites for hydroxylation is 3. The molecule has 8 nitrogen and oxygen atoms in total. The lowest BCUT2D eigenvalue weighted by atomic mass is 9.95. The number of pyridine rings is 2. The van der Waals surface area contributed by atoms with E-state index in [4.69, 9.17) is 4.52 Å². The van der Waals surface area contributed by atoms with E-state index >= 15 is 0 Å². The molecule has 0 saturated carbocycles. The lowest BCUT2D eigenvalue weighted by Crippen LogP contribution is -2.39. The second-order valence-electron chi connectivity index (χ2n) is 7.62. The topological polar surface area (TPSA) is 101 Å². The molecule has 0 aliphatic carbocycles. The molecule has 1 N–H and O–H groups in total. The maximum absolute atomic E-state index is 13.1. The normalized spacial score (nSPS) is 17.8. The minimum absolute atomic E-state index is 0.0418. The summed E-state index contributed by atoms with van der Waals surface area (Å²) in [5.74, 6) is 1.13. The molecule has 1 aliphatic heterocycles. The molecule has 1 saturated heterocycles. The van der Waals surface area contributed by atoms with E-state index in [0.717, 1.165) is 35.7 Å². The smallest absolute Gasteiger partial charge is 0.248 e. The summed E-state index contributed by atoms with van der Waals surface area (Å²) in [6.45, 7) is 6.11. The molecule has 0 radical (unpaired) electrons. The van der Waals surface area contributed by atoms with Crippen LogP contribution < -0.4 is 5.32 Å². The van der Waals surface area contributed by atoms with Crippen LogP contribution in [-0.2, 0) is 10.0 Å². The molecule has 3 aromatic heterocycles. The number of piperidine rings is 1. The Morgan fingerprint density at radius 1 is 1.17 bits per heavy atom. The number of hydrogen-bond acceptors (Lipinski definition) is 7. The second kappa shape index (κ2) is 8.16. The van der Waals surface area contributed by atoms with Crippen molar-refractivity contribution in [1.29, 1.82) is 0 Å². The molecule has 1 aliphatic rings. The maximum atomic E-state index is 13.1. The Bertz CT molecular complexity index is 1120. The Balaban J connectivity index is 1.49. The summed E-state index contributed by atoms with van der Waals surface area (Å²) in [7, 11) is -3.65. The lowest BCUT2D eigenvalue weighted by molar-refractivity contribution is 0.312. The van der Waals surface area contributed by atoms with Gasteiger partial charge in [-0.05, 0) is 57.9 Å². The van der Waals surface area contributed by atoms with Gasteiger partial charge in [-0.3, -0.25) is 4.98 Å². The highest BCUT2D eigenvalue weighted by Crippen LogP contribution is 2.31. The van der Waals surface area contributed by atoms with Crippen LogP contribution in [0.25, 0.3) is 0 Å². The van der Waals surface area contributed by atoms with Crippen molar-refractivity contribution in [2.75, 3.05) is 18.4 Å². The van der Waals surface area contributed by atoms with Gasteiger partial charge in [0.15, 0.2) is 5.76 Å². The van der Waals surface area contributed by atoms with Gasteiger partial charge in [-0.25, -0.2) is 13.4 Å². The zero-order valence-corrected chi connectivity index (χ0v) is 18.1. The van der Waals surface area contributed by atoms with Crippen molar-refractivity contribution in [1.82, 2.24) is 19.4 Å². The standard InChI is InChI=1S/C21H25N5O3S/c1-14-6-4-8-20(23-14)24-18-9-10-19(22-12-18)17-7-5-11-26(13-17)30(27,28)21-15(2)25-29-16(21)3/h4,6,8-10,12,17H,5,7,11,13H2,1-3H3,(H,23,24)/t17-/m0/s1. The van der Waals surface area contributed by atoms with Gasteiger partial charge >= 0.3 is 0 Å². The van der Waals surface area contributed by atoms with Crippen LogP contribution in [0.4, 0.5) is 11.5 Å². The van der Waals surface area contributed by atoms with Crippen LogP contribution in [0.3, 0.4) is 0 Å². The molecule has 0 bridgehead atoms. The molecule has 4 heterocycles. The Hall–Kier alpha value is -2.78. The van der Waals surface area contributed by atoms with Crippen LogP contribution in [0.15, 0.2) is 45.9 Å². The Kier molecular flexibility index (Phi) is 5.57. The third-order valence-electron chi connectivity index (χ3n) is 5.32. The maximum Gasteiger partial charge on any atom is 0.248 e. The highest BCUT2D eigenvalue weighted by atomic mass is 32.2. The molecule has 3 aromatic rings. The zero-order chi connectivity index (χ0) is 21.3. The fourth-order valence-corrected chi connectivity index (χ4v) is 5.67. The molecule has 0 spiro atoms. The number of aromatic nitrogens is 3. The minimum atomic E-state index is -3.65. The molecule has 0 unspecified atom stereocenters. The molecule has 158 valence electrons. The number of sulfonamides is 1. The number of rotatable bonds is 5. The van der Waals surface area contributed by atoms with E-state index in [-0.39, 0.29) is 10.8 Å². The van der Waals surface area contributed by atoms with Crippen LogP contribution in [0.1, 0.15) is 41.6 Å². The summed E-state index contributed by atoms with van der Waals surface area (Å²) in [5.41, 5.74) is 3.06. The highest BCUT2D eigenvalue weighted by molar-refractivity contribution is 7.89. The molecule has 4 rings (SSSR count). The van der Waals surface area contributed by atoms with Gasteiger partial charge < -0.3 is 9.84 Å². The lowest BCUT2D eigenvalue weighted by Gasteiger charge is -2.31. The number of anilines is 2. The molecule has 1 fully saturated rings. The van der Waals surface area contributed by atoms with Crippen LogP contribution >= 0.6 is 0 Å². The van der Waals surface area contributed by atoms with E-state index in [1.807, 2.05) is 37.3 Å². The first-order valence-electron chi connectivity index (χ1n) is 9.94. The van der Waals surface area contributed by atoms with E-state index in [1.54, 1.807) is 20.0 Å². The molecule has 0 aromatic carbocycles. The zero-order valence-electron chi connectivity index (χ0n) is 17.3. The summed E-state index contributed by atoms with van der Waals surface area (Å²) in [6, 6.07) is 9.70. The number of hydrogen-bond donors (Lipinski definition) is 1. The van der Waals surface area contributed by atoms with Gasteiger partial charge in [0.1, 0.15) is 16.4 Å². The Morgan fingerprint density at radius 3 is 2.67 bits per heavy atom. The van der Waals surface area contributed by atoms with Crippen LogP contribution in [-0.4, -0.2) is 40.9 Å². The first-order valence-corrected chi connectivity index (χ1v) is 11.4. The molecule has 9 heteroatoms. The van der Waals surface area contributed by atoms with Crippen LogP contribution in [0.5, 0.6) is 0 Å². The van der Waals surface area contributed by atoms with Crippen molar-refractivity contribution in [3.8, 4) is 0 Å². The Labute approximate surface area is 176 Å². The average molecular weight is 428 g/mol. The fourth-order valence-electron chi connectivity index (χ4n) is 3.86. The third kappa shape index (κ3) is 4.08. The molecular formula is C21H25N5O3S. The molecule has 0 amide bonds. The number of nitrogens with zero attached hydrogens (tertiary/aromatic N) is 4. The average Bonchev–Trinajstić information content (AvgIpc) is 3.07. The first kappa shape index (κ1) is 20.5. The van der Waals surface area contributed by atoms with Crippen molar-refractivity contribution < 1.29 is 12.9 Å². The highest BCUT2D eigenvalue weighted by Gasteiger charge is 2.35. The summed E-state index contributed by atoms with van der Waals surface area (Å²) >= 11 is 0. The van der Waals surface area contributed by atoms with Gasteiger partial charge in [0.05, 0.1) is 11.9 Å². The van der Waals surface area contributed by atoms with Gasteiger partial charge in [0.2, 0.25) is 10.0 Å². The van der Waals surface area contributed by atoms with Gasteiger partial charge in [0, 0.05) is 30.4 Å². The largest absolute Gasteiger partial charge is 0.360 e.